The predicted octanol–water partition coefficient (Wildman–Crippen LogP) is 4.13. The predicted molar refractivity (Wildman–Crippen MR) is 103 cm³/mol. The average Bonchev–Trinajstić information content (AvgIpc) is 2.96. The molecule has 6 heteroatoms. The van der Waals surface area contributed by atoms with Crippen molar-refractivity contribution >= 4 is 16.9 Å². The molecule has 0 radical (unpaired) electrons. The highest BCUT2D eigenvalue weighted by Crippen LogP contribution is 2.37. The summed E-state index contributed by atoms with van der Waals surface area (Å²) in [5.74, 6) is -1.58. The molecule has 3 aromatic rings. The van der Waals surface area contributed by atoms with Crippen LogP contribution in [0.4, 0.5) is 0 Å². The summed E-state index contributed by atoms with van der Waals surface area (Å²) in [6.45, 7) is 5.56. The molecule has 0 spiro atoms. The maximum Gasteiger partial charge on any atom is 0.382 e. The summed E-state index contributed by atoms with van der Waals surface area (Å²) in [4.78, 5) is 27.2. The van der Waals surface area contributed by atoms with Gasteiger partial charge in [-0.05, 0) is 38.0 Å². The van der Waals surface area contributed by atoms with Gasteiger partial charge < -0.3 is 9.72 Å². The zero-order chi connectivity index (χ0) is 19.6. The van der Waals surface area contributed by atoms with E-state index in [1.54, 1.807) is 6.92 Å². The van der Waals surface area contributed by atoms with E-state index in [9.17, 15) is 14.9 Å². The summed E-state index contributed by atoms with van der Waals surface area (Å²) >= 11 is 0. The van der Waals surface area contributed by atoms with Crippen molar-refractivity contribution in [1.82, 2.24) is 4.98 Å². The fourth-order valence-corrected chi connectivity index (χ4v) is 3.55. The number of nitrogens with one attached hydrogen (secondary N) is 1. The number of esters is 1. The molecule has 1 aromatic heterocycles. The Hall–Kier alpha value is -3.15. The molecule has 6 nitrogen and oxygen atoms in total. The van der Waals surface area contributed by atoms with Gasteiger partial charge in [-0.1, -0.05) is 48.0 Å². The van der Waals surface area contributed by atoms with Gasteiger partial charge in [-0.25, -0.2) is 4.79 Å². The van der Waals surface area contributed by atoms with Gasteiger partial charge in [-0.15, -0.1) is 0 Å². The molecule has 3 rings (SSSR count). The standard InChI is InChI=1S/C21H22N2O4/c1-4-27-21(24)20(23(25)26)19(15-11-9-13(2)10-12-15)18-14(3)22-17-8-6-5-7-16(17)18/h5-12,19-20,22H,4H2,1-3H3/t19-,20+/m1/s1. The number of hydrogen-bond acceptors (Lipinski definition) is 4. The quantitative estimate of drug-likeness (QED) is 0.404. The van der Waals surface area contributed by atoms with Crippen LogP contribution in [-0.4, -0.2) is 28.5 Å². The van der Waals surface area contributed by atoms with Gasteiger partial charge in [0.25, 0.3) is 0 Å². The van der Waals surface area contributed by atoms with E-state index >= 15 is 0 Å². The monoisotopic (exact) mass is 366 g/mol. The second kappa shape index (κ2) is 7.61. The smallest absolute Gasteiger partial charge is 0.382 e. The van der Waals surface area contributed by atoms with Crippen molar-refractivity contribution in [3.05, 3.63) is 81.0 Å². The molecule has 2 atom stereocenters. The molecule has 0 amide bonds. The Labute approximate surface area is 157 Å². The summed E-state index contributed by atoms with van der Waals surface area (Å²) in [6.07, 6.45) is 0. The first-order valence-electron chi connectivity index (χ1n) is 8.88. The Balaban J connectivity index is 2.26. The minimum atomic E-state index is -1.52. The highest BCUT2D eigenvalue weighted by Gasteiger charge is 2.43. The number of aryl methyl sites for hydroxylation is 2. The van der Waals surface area contributed by atoms with Crippen LogP contribution in [0, 0.1) is 24.0 Å². The highest BCUT2D eigenvalue weighted by molar-refractivity contribution is 5.87. The van der Waals surface area contributed by atoms with Crippen molar-refractivity contribution < 1.29 is 14.5 Å². The lowest BCUT2D eigenvalue weighted by molar-refractivity contribution is -0.513. The van der Waals surface area contributed by atoms with Crippen LogP contribution in [0.1, 0.15) is 35.2 Å². The van der Waals surface area contributed by atoms with Gasteiger partial charge in [0.05, 0.1) is 12.5 Å². The molecule has 140 valence electrons. The third kappa shape index (κ3) is 3.56. The van der Waals surface area contributed by atoms with Crippen LogP contribution in [0.25, 0.3) is 10.9 Å². The van der Waals surface area contributed by atoms with E-state index in [-0.39, 0.29) is 6.61 Å². The number of H-pyrrole nitrogens is 1. The number of hydrogen-bond donors (Lipinski definition) is 1. The number of rotatable bonds is 6. The van der Waals surface area contributed by atoms with Crippen LogP contribution in [0.3, 0.4) is 0 Å². The fraction of sp³-hybridized carbons (Fsp3) is 0.286. The van der Waals surface area contributed by atoms with E-state index in [1.165, 1.54) is 0 Å². The molecule has 2 aromatic carbocycles. The van der Waals surface area contributed by atoms with Crippen molar-refractivity contribution in [1.29, 1.82) is 0 Å². The zero-order valence-electron chi connectivity index (χ0n) is 15.6. The lowest BCUT2D eigenvalue weighted by Gasteiger charge is -2.21. The second-order valence-electron chi connectivity index (χ2n) is 6.58. The van der Waals surface area contributed by atoms with Crippen molar-refractivity contribution in [2.24, 2.45) is 0 Å². The van der Waals surface area contributed by atoms with E-state index in [4.69, 9.17) is 4.74 Å². The molecule has 0 saturated carbocycles. The number of carbonyl (C=O) groups excluding carboxylic acids is 1. The van der Waals surface area contributed by atoms with Crippen molar-refractivity contribution in [2.45, 2.75) is 32.7 Å². The van der Waals surface area contributed by atoms with Crippen molar-refractivity contribution in [2.75, 3.05) is 6.61 Å². The molecule has 0 bridgehead atoms. The molecule has 0 aliphatic carbocycles. The summed E-state index contributed by atoms with van der Waals surface area (Å²) in [6, 6.07) is 13.6. The van der Waals surface area contributed by atoms with Crippen LogP contribution in [-0.2, 0) is 9.53 Å². The van der Waals surface area contributed by atoms with E-state index in [0.29, 0.717) is 5.56 Å². The molecule has 0 aliphatic rings. The lowest BCUT2D eigenvalue weighted by Crippen LogP contribution is -2.38. The maximum absolute atomic E-state index is 12.5. The number of nitro groups is 1. The Morgan fingerprint density at radius 1 is 1.15 bits per heavy atom. The van der Waals surface area contributed by atoms with E-state index < -0.39 is 22.9 Å². The third-order valence-corrected chi connectivity index (χ3v) is 4.76. The first-order valence-corrected chi connectivity index (χ1v) is 8.88. The number of carbonyl (C=O) groups is 1. The van der Waals surface area contributed by atoms with E-state index in [1.807, 2.05) is 62.4 Å². The largest absolute Gasteiger partial charge is 0.461 e. The number of nitrogens with zero attached hydrogens (tertiary/aromatic N) is 1. The molecule has 0 fully saturated rings. The summed E-state index contributed by atoms with van der Waals surface area (Å²) in [5.41, 5.74) is 4.19. The van der Waals surface area contributed by atoms with Gasteiger partial charge in [0.1, 0.15) is 0 Å². The van der Waals surface area contributed by atoms with E-state index in [0.717, 1.165) is 27.7 Å². The average molecular weight is 366 g/mol. The van der Waals surface area contributed by atoms with Crippen LogP contribution in [0.15, 0.2) is 48.5 Å². The number of aromatic nitrogens is 1. The van der Waals surface area contributed by atoms with Crippen LogP contribution < -0.4 is 0 Å². The lowest BCUT2D eigenvalue weighted by atomic mass is 9.83. The Kier molecular flexibility index (Phi) is 5.26. The van der Waals surface area contributed by atoms with Crippen LogP contribution in [0.2, 0.25) is 0 Å². The number of ether oxygens (including phenoxy) is 1. The molecular weight excluding hydrogens is 344 g/mol. The maximum atomic E-state index is 12.5. The van der Waals surface area contributed by atoms with Gasteiger partial charge in [-0.3, -0.25) is 10.1 Å². The van der Waals surface area contributed by atoms with Crippen LogP contribution >= 0.6 is 0 Å². The van der Waals surface area contributed by atoms with Crippen molar-refractivity contribution in [3.8, 4) is 0 Å². The van der Waals surface area contributed by atoms with Crippen LogP contribution in [0.5, 0.6) is 0 Å². The van der Waals surface area contributed by atoms with Gasteiger partial charge in [-0.2, -0.15) is 0 Å². The van der Waals surface area contributed by atoms with Gasteiger partial charge in [0, 0.05) is 21.5 Å². The fourth-order valence-electron chi connectivity index (χ4n) is 3.55. The number of fused-ring (bicyclic) bond motifs is 1. The minimum Gasteiger partial charge on any atom is -0.461 e. The normalized spacial score (nSPS) is 13.3. The van der Waals surface area contributed by atoms with Gasteiger partial charge >= 0.3 is 12.0 Å². The van der Waals surface area contributed by atoms with Gasteiger partial charge in [0.2, 0.25) is 0 Å². The number of para-hydroxylation sites is 1. The Morgan fingerprint density at radius 3 is 2.44 bits per heavy atom. The Bertz CT molecular complexity index is 976. The summed E-state index contributed by atoms with van der Waals surface area (Å²) < 4.78 is 5.05. The van der Waals surface area contributed by atoms with Gasteiger partial charge in [0.15, 0.2) is 0 Å². The second-order valence-corrected chi connectivity index (χ2v) is 6.58. The first-order chi connectivity index (χ1) is 12.9. The Morgan fingerprint density at radius 2 is 1.81 bits per heavy atom. The number of aromatic amines is 1. The molecular formula is C21H22N2O4. The molecule has 1 heterocycles. The molecule has 0 aliphatic heterocycles. The molecule has 1 N–H and O–H groups in total. The van der Waals surface area contributed by atoms with Crippen molar-refractivity contribution in [3.63, 3.8) is 0 Å². The molecule has 27 heavy (non-hydrogen) atoms. The minimum absolute atomic E-state index is 0.0939. The first kappa shape index (κ1) is 18.6. The molecule has 0 saturated heterocycles. The number of benzene rings is 2. The summed E-state index contributed by atoms with van der Waals surface area (Å²) in [5, 5.41) is 12.8. The SMILES string of the molecule is CCOC(=O)[C@H]([C@H](c1ccc(C)cc1)c1c(C)[nH]c2ccccc12)[N+](=O)[O-]. The molecule has 0 unspecified atom stereocenters. The topological polar surface area (TPSA) is 85.2 Å². The summed E-state index contributed by atoms with van der Waals surface area (Å²) in [7, 11) is 0. The zero-order valence-corrected chi connectivity index (χ0v) is 15.6. The third-order valence-electron chi connectivity index (χ3n) is 4.76. The van der Waals surface area contributed by atoms with E-state index in [2.05, 4.69) is 4.98 Å². The highest BCUT2D eigenvalue weighted by atomic mass is 16.6.